The Morgan fingerprint density at radius 1 is 1.25 bits per heavy atom. The first-order chi connectivity index (χ1) is 12.7. The van der Waals surface area contributed by atoms with Crippen molar-refractivity contribution in [1.29, 1.82) is 0 Å². The first-order valence-corrected chi connectivity index (χ1v) is 10.2. The Kier molecular flexibility index (Phi) is 6.21. The van der Waals surface area contributed by atoms with E-state index in [2.05, 4.69) is 6.58 Å². The summed E-state index contributed by atoms with van der Waals surface area (Å²) in [5.74, 6) is -5.20. The lowest BCUT2D eigenvalue weighted by atomic mass is 9.40. The van der Waals surface area contributed by atoms with Crippen molar-refractivity contribution in [2.75, 3.05) is 0 Å². The predicted octanol–water partition coefficient (Wildman–Crippen LogP) is 2.61. The largest absolute Gasteiger partial charge is 0.481 e. The van der Waals surface area contributed by atoms with E-state index in [0.29, 0.717) is 6.42 Å². The monoisotopic (exact) mass is 396 g/mol. The summed E-state index contributed by atoms with van der Waals surface area (Å²) in [6.45, 7) is 13.0. The number of ketones is 1. The summed E-state index contributed by atoms with van der Waals surface area (Å²) in [5, 5.41) is 42.3. The van der Waals surface area contributed by atoms with Crippen LogP contribution in [-0.2, 0) is 9.59 Å². The Morgan fingerprint density at radius 2 is 1.82 bits per heavy atom. The lowest BCUT2D eigenvalue weighted by Crippen LogP contribution is -2.72. The van der Waals surface area contributed by atoms with Crippen LogP contribution in [0, 0.1) is 40.4 Å². The highest BCUT2D eigenvalue weighted by Gasteiger charge is 2.71. The number of hydrogen-bond acceptors (Lipinski definition) is 5. The van der Waals surface area contributed by atoms with Gasteiger partial charge in [-0.15, -0.1) is 6.58 Å². The van der Waals surface area contributed by atoms with E-state index in [4.69, 9.17) is 0 Å². The number of carbonyl (C=O) groups is 2. The molecule has 0 aromatic carbocycles. The van der Waals surface area contributed by atoms with Crippen molar-refractivity contribution < 1.29 is 30.0 Å². The summed E-state index contributed by atoms with van der Waals surface area (Å²) < 4.78 is 0. The van der Waals surface area contributed by atoms with E-state index in [-0.39, 0.29) is 42.8 Å². The summed E-state index contributed by atoms with van der Waals surface area (Å²) in [6, 6.07) is 0. The molecule has 0 radical (unpaired) electrons. The van der Waals surface area contributed by atoms with Crippen molar-refractivity contribution >= 4 is 11.8 Å². The predicted molar refractivity (Wildman–Crippen MR) is 105 cm³/mol. The highest BCUT2D eigenvalue weighted by atomic mass is 16.5. The summed E-state index contributed by atoms with van der Waals surface area (Å²) in [4.78, 5) is 24.8. The van der Waals surface area contributed by atoms with Gasteiger partial charge in [-0.3, -0.25) is 9.59 Å². The van der Waals surface area contributed by atoms with Crippen LogP contribution >= 0.6 is 0 Å². The molecule has 4 N–H and O–H groups in total. The number of allylic oxidation sites excluding steroid dienone is 1. The first-order valence-electron chi connectivity index (χ1n) is 10.2. The molecule has 0 bridgehead atoms. The number of hydrogen-bond donors (Lipinski definition) is 4. The fourth-order valence-corrected chi connectivity index (χ4v) is 6.66. The van der Waals surface area contributed by atoms with Gasteiger partial charge in [0.1, 0.15) is 11.9 Å². The SMILES string of the molecule is C=C[C@@H](C)CC(=O)[C@H]1[C@@H](C)CC(CC(=O)O)[C@H]2C(C)(C)CC(O)C(O)(O)[C@]12C. The molecule has 6 heteroatoms. The second-order valence-corrected chi connectivity index (χ2v) is 10.1. The van der Waals surface area contributed by atoms with Crippen LogP contribution < -0.4 is 0 Å². The van der Waals surface area contributed by atoms with Crippen LogP contribution in [0.3, 0.4) is 0 Å². The molecular weight excluding hydrogens is 360 g/mol. The van der Waals surface area contributed by atoms with Gasteiger partial charge in [-0.2, -0.15) is 0 Å². The molecule has 0 spiro atoms. The molecule has 2 fully saturated rings. The Morgan fingerprint density at radius 3 is 2.32 bits per heavy atom. The number of aliphatic carboxylic acids is 1. The highest BCUT2D eigenvalue weighted by Crippen LogP contribution is 2.66. The fraction of sp³-hybridized carbons (Fsp3) is 0.818. The number of aliphatic hydroxyl groups is 3. The average molecular weight is 397 g/mol. The molecule has 0 aromatic rings. The van der Waals surface area contributed by atoms with Crippen LogP contribution in [0.2, 0.25) is 0 Å². The van der Waals surface area contributed by atoms with Crippen LogP contribution in [0.25, 0.3) is 0 Å². The third kappa shape index (κ3) is 3.55. The number of carboxylic acids is 1. The minimum atomic E-state index is -2.48. The Hall–Kier alpha value is -1.24. The third-order valence-corrected chi connectivity index (χ3v) is 7.54. The Balaban J connectivity index is 2.64. The van der Waals surface area contributed by atoms with Gasteiger partial charge in [0.05, 0.1) is 0 Å². The van der Waals surface area contributed by atoms with Gasteiger partial charge in [0.25, 0.3) is 0 Å². The minimum Gasteiger partial charge on any atom is -0.481 e. The van der Waals surface area contributed by atoms with Gasteiger partial charge in [-0.1, -0.05) is 40.7 Å². The van der Waals surface area contributed by atoms with Gasteiger partial charge in [-0.05, 0) is 41.9 Å². The molecule has 0 aliphatic heterocycles. The zero-order valence-electron chi connectivity index (χ0n) is 17.7. The van der Waals surface area contributed by atoms with Crippen LogP contribution in [0.1, 0.15) is 60.3 Å². The van der Waals surface area contributed by atoms with Crippen LogP contribution in [-0.4, -0.2) is 44.1 Å². The number of aliphatic hydroxyl groups excluding tert-OH is 1. The summed E-state index contributed by atoms with van der Waals surface area (Å²) >= 11 is 0. The van der Waals surface area contributed by atoms with E-state index < -0.39 is 40.5 Å². The molecular formula is C22H36O6. The lowest BCUT2D eigenvalue weighted by Gasteiger charge is -2.66. The minimum absolute atomic E-state index is 0.0493. The van der Waals surface area contributed by atoms with Crippen molar-refractivity contribution in [3.63, 3.8) is 0 Å². The van der Waals surface area contributed by atoms with Crippen molar-refractivity contribution in [1.82, 2.24) is 0 Å². The zero-order valence-corrected chi connectivity index (χ0v) is 17.7. The van der Waals surface area contributed by atoms with Crippen molar-refractivity contribution in [3.8, 4) is 0 Å². The van der Waals surface area contributed by atoms with Gasteiger partial charge in [0.2, 0.25) is 0 Å². The highest BCUT2D eigenvalue weighted by molar-refractivity contribution is 5.83. The normalized spacial score (nSPS) is 40.2. The van der Waals surface area contributed by atoms with Crippen molar-refractivity contribution in [2.45, 2.75) is 72.2 Å². The number of rotatable bonds is 6. The number of Topliss-reactive ketones (excluding diaryl/α,β-unsaturated/α-hetero) is 1. The molecule has 2 saturated carbocycles. The maximum Gasteiger partial charge on any atom is 0.303 e. The van der Waals surface area contributed by atoms with Gasteiger partial charge < -0.3 is 20.4 Å². The zero-order chi connectivity index (χ0) is 21.7. The maximum absolute atomic E-state index is 13.3. The van der Waals surface area contributed by atoms with E-state index in [1.165, 1.54) is 0 Å². The summed E-state index contributed by atoms with van der Waals surface area (Å²) in [6.07, 6.45) is 1.09. The molecule has 2 rings (SSSR count). The molecule has 7 atom stereocenters. The molecule has 0 amide bonds. The number of fused-ring (bicyclic) bond motifs is 1. The number of carboxylic acid groups (broad SMARTS) is 1. The quantitative estimate of drug-likeness (QED) is 0.405. The van der Waals surface area contributed by atoms with E-state index in [1.54, 1.807) is 13.0 Å². The average Bonchev–Trinajstić information content (AvgIpc) is 2.51. The molecule has 0 heterocycles. The molecule has 2 aliphatic carbocycles. The molecule has 160 valence electrons. The van der Waals surface area contributed by atoms with Gasteiger partial charge in [0, 0.05) is 24.2 Å². The van der Waals surface area contributed by atoms with Crippen molar-refractivity contribution in [2.24, 2.45) is 40.4 Å². The molecule has 2 unspecified atom stereocenters. The lowest BCUT2D eigenvalue weighted by molar-refractivity contribution is -0.363. The smallest absolute Gasteiger partial charge is 0.303 e. The van der Waals surface area contributed by atoms with Gasteiger partial charge >= 0.3 is 5.97 Å². The van der Waals surface area contributed by atoms with Crippen LogP contribution in [0.4, 0.5) is 0 Å². The topological polar surface area (TPSA) is 115 Å². The summed E-state index contributed by atoms with van der Waals surface area (Å²) in [7, 11) is 0. The van der Waals surface area contributed by atoms with Crippen LogP contribution in [0.15, 0.2) is 12.7 Å². The molecule has 0 saturated heterocycles. The van der Waals surface area contributed by atoms with Gasteiger partial charge in [0.15, 0.2) is 5.79 Å². The van der Waals surface area contributed by atoms with E-state index in [9.17, 15) is 30.0 Å². The first kappa shape index (κ1) is 23.0. The Labute approximate surface area is 167 Å². The molecule has 0 aromatic heterocycles. The fourth-order valence-electron chi connectivity index (χ4n) is 6.66. The second kappa shape index (κ2) is 7.54. The van der Waals surface area contributed by atoms with E-state index >= 15 is 0 Å². The van der Waals surface area contributed by atoms with Crippen molar-refractivity contribution in [3.05, 3.63) is 12.7 Å². The standard InChI is InChI=1S/C22H36O6/c1-7-12(2)8-15(23)18-13(3)9-14(10-17(25)26)19-20(4,5)11-16(24)22(27,28)21(18,19)6/h7,12-14,16,18-19,24,27-28H,1,8-11H2,2-6H3,(H,25,26)/t12-,13+,14?,16?,18-,19+,21-/m1/s1. The third-order valence-electron chi connectivity index (χ3n) is 7.54. The van der Waals surface area contributed by atoms with E-state index in [0.717, 1.165) is 0 Å². The van der Waals surface area contributed by atoms with Gasteiger partial charge in [-0.25, -0.2) is 0 Å². The van der Waals surface area contributed by atoms with E-state index in [1.807, 2.05) is 27.7 Å². The molecule has 2 aliphatic rings. The van der Waals surface area contributed by atoms with Crippen LogP contribution in [0.5, 0.6) is 0 Å². The second-order valence-electron chi connectivity index (χ2n) is 10.1. The molecule has 6 nitrogen and oxygen atoms in total. The summed E-state index contributed by atoms with van der Waals surface area (Å²) in [5.41, 5.74) is -1.91. The maximum atomic E-state index is 13.3. The number of carbonyl (C=O) groups excluding carboxylic acids is 1. The Bertz CT molecular complexity index is 639. The molecule has 28 heavy (non-hydrogen) atoms.